The molecule has 0 aromatic carbocycles. The number of thiophene rings is 1. The van der Waals surface area contributed by atoms with Crippen molar-refractivity contribution in [3.05, 3.63) is 74.4 Å². The number of hydrogen-bond donors (Lipinski definition) is 1. The van der Waals surface area contributed by atoms with Crippen LogP contribution >= 0.6 is 22.9 Å². The number of nitrogens with zero attached hydrogens (tertiary/aromatic N) is 6. The lowest BCUT2D eigenvalue weighted by Crippen LogP contribution is -2.48. The highest BCUT2D eigenvalue weighted by Crippen LogP contribution is 2.28. The molecule has 1 saturated heterocycles. The van der Waals surface area contributed by atoms with E-state index in [1.54, 1.807) is 41.6 Å². The number of halogens is 1. The van der Waals surface area contributed by atoms with Gasteiger partial charge in [0.15, 0.2) is 0 Å². The van der Waals surface area contributed by atoms with E-state index in [4.69, 9.17) is 11.6 Å². The fourth-order valence-corrected chi connectivity index (χ4v) is 5.76. The zero-order chi connectivity index (χ0) is 30.0. The highest BCUT2D eigenvalue weighted by atomic mass is 35.5. The standard InChI is InChI=1S/C30H34ClN7O3S/c1-30(2,3)29(41)38-26(33-18-21-5-8-25(31)42-21)17-23(34-38)22-6-7-24(20-9-11-32-12-10-20)37(28(22)40)19-27(39)36-15-13-35(4)14-16-36/h5-12,17,33H,13-16,18-19H2,1-4H3. The summed E-state index contributed by atoms with van der Waals surface area (Å²) in [4.78, 5) is 49.9. The number of amides is 1. The summed E-state index contributed by atoms with van der Waals surface area (Å²) >= 11 is 7.54. The van der Waals surface area contributed by atoms with Gasteiger partial charge in [0.2, 0.25) is 5.91 Å². The number of carbonyl (C=O) groups is 2. The van der Waals surface area contributed by atoms with Gasteiger partial charge in [0.25, 0.3) is 11.5 Å². The molecule has 0 aliphatic carbocycles. The van der Waals surface area contributed by atoms with Crippen LogP contribution in [0.5, 0.6) is 0 Å². The highest BCUT2D eigenvalue weighted by Gasteiger charge is 2.28. The molecule has 1 amide bonds. The minimum absolute atomic E-state index is 0.111. The van der Waals surface area contributed by atoms with Gasteiger partial charge in [0.05, 0.1) is 22.1 Å². The van der Waals surface area contributed by atoms with Gasteiger partial charge in [-0.05, 0) is 43.4 Å². The zero-order valence-electron chi connectivity index (χ0n) is 24.1. The highest BCUT2D eigenvalue weighted by molar-refractivity contribution is 7.16. The Hall–Kier alpha value is -3.80. The van der Waals surface area contributed by atoms with Gasteiger partial charge in [-0.2, -0.15) is 9.78 Å². The van der Waals surface area contributed by atoms with Crippen molar-refractivity contribution in [3.63, 3.8) is 0 Å². The summed E-state index contributed by atoms with van der Waals surface area (Å²) in [5.74, 6) is 0.120. The first-order valence-electron chi connectivity index (χ1n) is 13.7. The van der Waals surface area contributed by atoms with E-state index in [1.807, 2.05) is 46.0 Å². The second-order valence-corrected chi connectivity index (χ2v) is 13.2. The molecule has 1 aliphatic rings. The van der Waals surface area contributed by atoms with E-state index in [0.717, 1.165) is 23.5 Å². The van der Waals surface area contributed by atoms with Crippen LogP contribution in [0.4, 0.5) is 5.82 Å². The van der Waals surface area contributed by atoms with E-state index in [1.165, 1.54) is 20.6 Å². The molecule has 1 N–H and O–H groups in total. The van der Waals surface area contributed by atoms with E-state index < -0.39 is 5.41 Å². The predicted octanol–water partition coefficient (Wildman–Crippen LogP) is 4.56. The van der Waals surface area contributed by atoms with Crippen LogP contribution in [-0.2, 0) is 17.9 Å². The number of nitrogens with one attached hydrogen (secondary N) is 1. The molecular formula is C30H34ClN7O3S. The fourth-order valence-electron chi connectivity index (χ4n) is 4.73. The van der Waals surface area contributed by atoms with E-state index >= 15 is 0 Å². The van der Waals surface area contributed by atoms with Gasteiger partial charge < -0.3 is 15.1 Å². The molecule has 1 fully saturated rings. The number of carbonyl (C=O) groups excluding carboxylic acids is 2. The third kappa shape index (κ3) is 6.48. The average Bonchev–Trinajstić information content (AvgIpc) is 3.58. The maximum absolute atomic E-state index is 14.1. The number of aromatic nitrogens is 4. The molecule has 5 heterocycles. The average molecular weight is 608 g/mol. The Morgan fingerprint density at radius 2 is 1.74 bits per heavy atom. The smallest absolute Gasteiger partial charge is 0.261 e. The van der Waals surface area contributed by atoms with Crippen LogP contribution in [0.3, 0.4) is 0 Å². The van der Waals surface area contributed by atoms with Gasteiger partial charge in [-0.25, -0.2) is 0 Å². The van der Waals surface area contributed by atoms with E-state index in [2.05, 4.69) is 20.3 Å². The predicted molar refractivity (Wildman–Crippen MR) is 166 cm³/mol. The Morgan fingerprint density at radius 1 is 1.02 bits per heavy atom. The molecule has 42 heavy (non-hydrogen) atoms. The summed E-state index contributed by atoms with van der Waals surface area (Å²) in [7, 11) is 2.03. The van der Waals surface area contributed by atoms with Crippen molar-refractivity contribution in [2.75, 3.05) is 38.5 Å². The first-order chi connectivity index (χ1) is 20.0. The van der Waals surface area contributed by atoms with Crippen LogP contribution in [0.15, 0.2) is 59.7 Å². The summed E-state index contributed by atoms with van der Waals surface area (Å²) in [5, 5.41) is 7.89. The van der Waals surface area contributed by atoms with Crippen molar-refractivity contribution in [2.24, 2.45) is 5.41 Å². The number of hydrogen-bond acceptors (Lipinski definition) is 8. The van der Waals surface area contributed by atoms with Gasteiger partial charge in [0.1, 0.15) is 18.1 Å². The zero-order valence-corrected chi connectivity index (χ0v) is 25.7. The van der Waals surface area contributed by atoms with Crippen molar-refractivity contribution in [1.82, 2.24) is 29.1 Å². The Balaban J connectivity index is 1.55. The van der Waals surface area contributed by atoms with Crippen molar-refractivity contribution in [2.45, 2.75) is 33.9 Å². The Morgan fingerprint density at radius 3 is 2.38 bits per heavy atom. The lowest BCUT2D eigenvalue weighted by atomic mass is 9.96. The van der Waals surface area contributed by atoms with Crippen molar-refractivity contribution < 1.29 is 9.59 Å². The molecule has 1 aliphatic heterocycles. The Kier molecular flexibility index (Phi) is 8.63. The van der Waals surface area contributed by atoms with Crippen molar-refractivity contribution in [3.8, 4) is 22.5 Å². The monoisotopic (exact) mass is 607 g/mol. The molecule has 0 atom stereocenters. The second-order valence-electron chi connectivity index (χ2n) is 11.4. The number of anilines is 1. The second kappa shape index (κ2) is 12.2. The Labute approximate surface area is 253 Å². The molecule has 0 saturated carbocycles. The van der Waals surface area contributed by atoms with E-state index in [-0.39, 0.29) is 23.9 Å². The minimum Gasteiger partial charge on any atom is -0.365 e. The molecule has 0 bridgehead atoms. The SMILES string of the molecule is CN1CCN(C(=O)Cn2c(-c3ccncc3)ccc(-c3cc(NCc4ccc(Cl)s4)n(C(=O)C(C)(C)C)n3)c2=O)CC1. The number of pyridine rings is 2. The quantitative estimate of drug-likeness (QED) is 0.328. The first kappa shape index (κ1) is 29.7. The maximum atomic E-state index is 14.1. The summed E-state index contributed by atoms with van der Waals surface area (Å²) in [6.07, 6.45) is 3.30. The van der Waals surface area contributed by atoms with Crippen LogP contribution < -0.4 is 10.9 Å². The van der Waals surface area contributed by atoms with Crippen LogP contribution in [-0.4, -0.2) is 74.2 Å². The van der Waals surface area contributed by atoms with Gasteiger partial charge in [0, 0.05) is 60.5 Å². The third-order valence-corrected chi connectivity index (χ3v) is 8.42. The molecular weight excluding hydrogens is 574 g/mol. The molecule has 0 spiro atoms. The lowest BCUT2D eigenvalue weighted by Gasteiger charge is -2.32. The number of rotatable bonds is 7. The molecule has 4 aromatic heterocycles. The van der Waals surface area contributed by atoms with E-state index in [9.17, 15) is 14.4 Å². The molecule has 12 heteroatoms. The van der Waals surface area contributed by atoms with Crippen LogP contribution in [0, 0.1) is 5.41 Å². The van der Waals surface area contributed by atoms with Gasteiger partial charge in [-0.15, -0.1) is 11.3 Å². The van der Waals surface area contributed by atoms with Crippen molar-refractivity contribution >= 4 is 40.6 Å². The summed E-state index contributed by atoms with van der Waals surface area (Å²) in [6, 6.07) is 12.6. The van der Waals surface area contributed by atoms with Gasteiger partial charge in [-0.3, -0.25) is 23.9 Å². The molecule has 220 valence electrons. The molecule has 0 unspecified atom stereocenters. The minimum atomic E-state index is -0.716. The Bertz CT molecular complexity index is 1650. The van der Waals surface area contributed by atoms with Crippen LogP contribution in [0.2, 0.25) is 4.34 Å². The van der Waals surface area contributed by atoms with E-state index in [0.29, 0.717) is 46.7 Å². The summed E-state index contributed by atoms with van der Waals surface area (Å²) in [6.45, 7) is 8.57. The van der Waals surface area contributed by atoms with Crippen molar-refractivity contribution in [1.29, 1.82) is 0 Å². The molecule has 4 aromatic rings. The lowest BCUT2D eigenvalue weighted by molar-refractivity contribution is -0.133. The molecule has 0 radical (unpaired) electrons. The number of likely N-dealkylation sites (N-methyl/N-ethyl adjacent to an activating group) is 1. The normalized spacial score (nSPS) is 14.3. The fraction of sp³-hybridized carbons (Fsp3) is 0.367. The molecule has 10 nitrogen and oxygen atoms in total. The van der Waals surface area contributed by atoms with Gasteiger partial charge >= 0.3 is 0 Å². The summed E-state index contributed by atoms with van der Waals surface area (Å²) in [5.41, 5.74) is 0.924. The molecule has 5 rings (SSSR count). The van der Waals surface area contributed by atoms with Crippen LogP contribution in [0.25, 0.3) is 22.5 Å². The first-order valence-corrected chi connectivity index (χ1v) is 14.9. The largest absolute Gasteiger partial charge is 0.365 e. The third-order valence-electron chi connectivity index (χ3n) is 7.19. The number of piperazine rings is 1. The maximum Gasteiger partial charge on any atom is 0.261 e. The summed E-state index contributed by atoms with van der Waals surface area (Å²) < 4.78 is 3.49. The van der Waals surface area contributed by atoms with Gasteiger partial charge in [-0.1, -0.05) is 32.4 Å². The topological polar surface area (TPSA) is 105 Å². The van der Waals surface area contributed by atoms with Crippen LogP contribution in [0.1, 0.15) is 30.4 Å².